The van der Waals surface area contributed by atoms with E-state index in [2.05, 4.69) is 20.9 Å². The minimum absolute atomic E-state index is 0.0278. The van der Waals surface area contributed by atoms with Crippen LogP contribution in [0.2, 0.25) is 0 Å². The maximum atomic E-state index is 12.2. The van der Waals surface area contributed by atoms with Crippen LogP contribution in [0.1, 0.15) is 43.3 Å². The highest BCUT2D eigenvalue weighted by Crippen LogP contribution is 2.34. The summed E-state index contributed by atoms with van der Waals surface area (Å²) in [5.41, 5.74) is 4.54. The normalized spacial score (nSPS) is 15.7. The minimum atomic E-state index is -0.530. The van der Waals surface area contributed by atoms with E-state index in [1.165, 1.54) is 11.3 Å². The van der Waals surface area contributed by atoms with Crippen LogP contribution in [0.5, 0.6) is 0 Å². The smallest absolute Gasteiger partial charge is 0.407 e. The fourth-order valence-corrected chi connectivity index (χ4v) is 3.97. The van der Waals surface area contributed by atoms with Crippen LogP contribution in [0, 0.1) is 11.3 Å². The van der Waals surface area contributed by atoms with Crippen molar-refractivity contribution in [3.63, 3.8) is 0 Å². The van der Waals surface area contributed by atoms with Gasteiger partial charge in [-0.3, -0.25) is 4.98 Å². The molecule has 4 rings (SSSR count). The number of hydrogen-bond acceptors (Lipinski definition) is 4. The second-order valence-corrected chi connectivity index (χ2v) is 8.43. The lowest BCUT2D eigenvalue weighted by atomic mass is 10.1. The molecule has 0 radical (unpaired) electrons. The molecule has 148 valence electrons. The van der Waals surface area contributed by atoms with Gasteiger partial charge in [-0.2, -0.15) is 5.26 Å². The van der Waals surface area contributed by atoms with Crippen LogP contribution < -0.4 is 5.32 Å². The van der Waals surface area contributed by atoms with E-state index in [0.29, 0.717) is 12.1 Å². The van der Waals surface area contributed by atoms with E-state index in [9.17, 15) is 10.1 Å². The summed E-state index contributed by atoms with van der Waals surface area (Å²) < 4.78 is 7.67. The quantitative estimate of drug-likeness (QED) is 0.737. The number of rotatable bonds is 3. The third-order valence-corrected chi connectivity index (χ3v) is 5.07. The molecule has 29 heavy (non-hydrogen) atoms. The number of nitrogens with zero attached hydrogens (tertiary/aromatic N) is 3. The summed E-state index contributed by atoms with van der Waals surface area (Å²) in [5.74, 6) is 0. The van der Waals surface area contributed by atoms with Gasteiger partial charge in [0.25, 0.3) is 0 Å². The Balaban J connectivity index is 1.67. The zero-order chi connectivity index (χ0) is 20.6. The van der Waals surface area contributed by atoms with Crippen LogP contribution in [-0.2, 0) is 24.1 Å². The van der Waals surface area contributed by atoms with Gasteiger partial charge in [0.15, 0.2) is 0 Å². The molecule has 2 heterocycles. The van der Waals surface area contributed by atoms with Crippen LogP contribution >= 0.6 is 0 Å². The molecular weight excluding hydrogens is 364 g/mol. The Morgan fingerprint density at radius 3 is 2.83 bits per heavy atom. The van der Waals surface area contributed by atoms with Gasteiger partial charge in [0.1, 0.15) is 5.60 Å². The number of carbonyl (C=O) groups is 1. The molecule has 1 aromatic carbocycles. The van der Waals surface area contributed by atoms with Crippen molar-refractivity contribution in [1.29, 1.82) is 5.26 Å². The minimum Gasteiger partial charge on any atom is -0.444 e. The average Bonchev–Trinajstić information content (AvgIpc) is 3.18. The maximum Gasteiger partial charge on any atom is 0.407 e. The third kappa shape index (κ3) is 3.95. The number of ether oxygens (including phenoxy) is 1. The molecule has 0 bridgehead atoms. The van der Waals surface area contributed by atoms with Crippen LogP contribution in [-0.4, -0.2) is 27.3 Å². The van der Waals surface area contributed by atoms with Crippen LogP contribution in [0.3, 0.4) is 0 Å². The first kappa shape index (κ1) is 19.0. The molecule has 0 fully saturated rings. The number of fused-ring (bicyclic) bond motifs is 3. The van der Waals surface area contributed by atoms with Gasteiger partial charge >= 0.3 is 6.09 Å². The maximum absolute atomic E-state index is 12.2. The lowest BCUT2D eigenvalue weighted by molar-refractivity contribution is 0.0506. The van der Waals surface area contributed by atoms with Crippen LogP contribution in [0.25, 0.3) is 10.9 Å². The molecule has 0 unspecified atom stereocenters. The number of aromatic nitrogens is 2. The topological polar surface area (TPSA) is 79.9 Å². The van der Waals surface area contributed by atoms with Gasteiger partial charge in [0.05, 0.1) is 23.9 Å². The Morgan fingerprint density at radius 2 is 2.14 bits per heavy atom. The zero-order valence-electron chi connectivity index (χ0n) is 16.9. The predicted octanol–water partition coefficient (Wildman–Crippen LogP) is 3.95. The summed E-state index contributed by atoms with van der Waals surface area (Å²) in [5, 5.41) is 13.4. The van der Waals surface area contributed by atoms with Crippen LogP contribution in [0.4, 0.5) is 4.79 Å². The number of benzene rings is 1. The lowest BCUT2D eigenvalue weighted by Gasteiger charge is -2.22. The van der Waals surface area contributed by atoms with E-state index in [1.54, 1.807) is 6.20 Å². The second kappa shape index (κ2) is 7.25. The van der Waals surface area contributed by atoms with Crippen molar-refractivity contribution in [2.24, 2.45) is 0 Å². The Hall–Kier alpha value is -3.33. The molecule has 0 spiro atoms. The average molecular weight is 388 g/mol. The first-order valence-corrected chi connectivity index (χ1v) is 9.77. The molecule has 1 aliphatic rings. The molecule has 6 nitrogen and oxygen atoms in total. The lowest BCUT2D eigenvalue weighted by Crippen LogP contribution is -2.39. The van der Waals surface area contributed by atoms with Gasteiger partial charge < -0.3 is 14.6 Å². The number of carbonyl (C=O) groups excluding carboxylic acids is 1. The van der Waals surface area contributed by atoms with Gasteiger partial charge in [-0.05, 0) is 63.1 Å². The molecule has 3 aromatic rings. The van der Waals surface area contributed by atoms with Crippen molar-refractivity contribution >= 4 is 17.0 Å². The molecule has 6 heteroatoms. The molecule has 2 aromatic heterocycles. The van der Waals surface area contributed by atoms with Gasteiger partial charge in [-0.1, -0.05) is 6.07 Å². The Bertz CT molecular complexity index is 1100. The van der Waals surface area contributed by atoms with Crippen molar-refractivity contribution < 1.29 is 9.53 Å². The largest absolute Gasteiger partial charge is 0.444 e. The third-order valence-electron chi connectivity index (χ3n) is 5.07. The molecule has 1 amide bonds. The Kier molecular flexibility index (Phi) is 4.75. The standard InChI is InChI=1S/C23H24N4O2/c1-23(2,3)29-22(28)26-17-11-19-18-10-15(13-24)7-8-20(18)27(21(19)12-17)14-16-6-4-5-9-25-16/h4-10,17H,11-12,14H2,1-3H3,(H,26,28)/t17-/m0/s1. The van der Waals surface area contributed by atoms with E-state index in [1.807, 2.05) is 57.2 Å². The van der Waals surface area contributed by atoms with Crippen molar-refractivity contribution in [3.8, 4) is 6.07 Å². The van der Waals surface area contributed by atoms with Gasteiger partial charge in [-0.15, -0.1) is 0 Å². The van der Waals surface area contributed by atoms with Crippen LogP contribution in [0.15, 0.2) is 42.6 Å². The number of nitriles is 1. The first-order chi connectivity index (χ1) is 13.8. The number of alkyl carbamates (subject to hydrolysis) is 1. The van der Waals surface area contributed by atoms with E-state index in [0.717, 1.165) is 29.4 Å². The molecule has 1 N–H and O–H groups in total. The van der Waals surface area contributed by atoms with Crippen molar-refractivity contribution in [3.05, 3.63) is 65.1 Å². The summed E-state index contributed by atoms with van der Waals surface area (Å²) in [7, 11) is 0. The molecule has 0 saturated carbocycles. The van der Waals surface area contributed by atoms with E-state index in [4.69, 9.17) is 4.74 Å². The highest BCUT2D eigenvalue weighted by atomic mass is 16.6. The highest BCUT2D eigenvalue weighted by molar-refractivity contribution is 5.88. The molecule has 0 aliphatic heterocycles. The number of pyridine rings is 1. The van der Waals surface area contributed by atoms with Gasteiger partial charge in [-0.25, -0.2) is 4.79 Å². The summed E-state index contributed by atoms with van der Waals surface area (Å²) >= 11 is 0. The number of nitrogens with one attached hydrogen (secondary N) is 1. The molecular formula is C23H24N4O2. The summed E-state index contributed by atoms with van der Waals surface area (Å²) in [6, 6.07) is 13.9. The summed E-state index contributed by atoms with van der Waals surface area (Å²) in [4.78, 5) is 16.7. The summed E-state index contributed by atoms with van der Waals surface area (Å²) in [6.07, 6.45) is 2.83. The SMILES string of the molecule is CC(C)(C)OC(=O)N[C@H]1Cc2c(n(Cc3ccccn3)c3ccc(C#N)cc23)C1. The summed E-state index contributed by atoms with van der Waals surface area (Å²) in [6.45, 7) is 6.22. The monoisotopic (exact) mass is 388 g/mol. The van der Waals surface area contributed by atoms with Crippen molar-refractivity contribution in [1.82, 2.24) is 14.9 Å². The van der Waals surface area contributed by atoms with Gasteiger partial charge in [0, 0.05) is 35.3 Å². The Labute approximate surface area is 170 Å². The number of amides is 1. The first-order valence-electron chi connectivity index (χ1n) is 9.77. The highest BCUT2D eigenvalue weighted by Gasteiger charge is 2.30. The van der Waals surface area contributed by atoms with E-state index < -0.39 is 11.7 Å². The van der Waals surface area contributed by atoms with Crippen molar-refractivity contribution in [2.45, 2.75) is 51.8 Å². The predicted molar refractivity (Wildman–Crippen MR) is 111 cm³/mol. The van der Waals surface area contributed by atoms with Crippen molar-refractivity contribution in [2.75, 3.05) is 0 Å². The molecule has 1 aliphatic carbocycles. The second-order valence-electron chi connectivity index (χ2n) is 8.43. The van der Waals surface area contributed by atoms with E-state index in [-0.39, 0.29) is 6.04 Å². The zero-order valence-corrected chi connectivity index (χ0v) is 16.9. The molecule has 0 saturated heterocycles. The van der Waals surface area contributed by atoms with Gasteiger partial charge in [0.2, 0.25) is 0 Å². The van der Waals surface area contributed by atoms with E-state index >= 15 is 0 Å². The number of hydrogen-bond donors (Lipinski definition) is 1. The Morgan fingerprint density at radius 1 is 1.31 bits per heavy atom. The fraction of sp³-hybridized carbons (Fsp3) is 0.348. The molecule has 1 atom stereocenters. The fourth-order valence-electron chi connectivity index (χ4n) is 3.97.